The van der Waals surface area contributed by atoms with Gasteiger partial charge < -0.3 is 0 Å². The molecule has 1 aliphatic rings. The minimum Gasteiger partial charge on any atom is -0.0836 e. The summed E-state index contributed by atoms with van der Waals surface area (Å²) in [5.74, 6) is 0. The monoisotopic (exact) mass is 330 g/mol. The van der Waals surface area contributed by atoms with Crippen molar-refractivity contribution in [1.29, 1.82) is 0 Å². The summed E-state index contributed by atoms with van der Waals surface area (Å²) in [6.45, 7) is 0. The molecule has 122 valence electrons. The van der Waals surface area contributed by atoms with Crippen LogP contribution in [-0.2, 0) is 6.42 Å². The number of aryl methyl sites for hydroxylation is 1. The van der Waals surface area contributed by atoms with Crippen molar-refractivity contribution in [3.63, 3.8) is 0 Å². The molecule has 0 nitrogen and oxygen atoms in total. The van der Waals surface area contributed by atoms with E-state index in [0.717, 1.165) is 12.8 Å². The van der Waals surface area contributed by atoms with Gasteiger partial charge in [-0.2, -0.15) is 0 Å². The predicted molar refractivity (Wildman–Crippen MR) is 114 cm³/mol. The minimum atomic E-state index is 1.15. The van der Waals surface area contributed by atoms with Gasteiger partial charge in [0.1, 0.15) is 0 Å². The molecular formula is C26H18. The van der Waals surface area contributed by atoms with Crippen molar-refractivity contribution in [2.24, 2.45) is 0 Å². The van der Waals surface area contributed by atoms with Crippen molar-refractivity contribution in [2.75, 3.05) is 0 Å². The highest BCUT2D eigenvalue weighted by Gasteiger charge is 2.11. The smallest absolute Gasteiger partial charge is 0.00988 e. The van der Waals surface area contributed by atoms with Gasteiger partial charge in [0.25, 0.3) is 0 Å². The van der Waals surface area contributed by atoms with Crippen molar-refractivity contribution in [1.82, 2.24) is 0 Å². The molecule has 0 N–H and O–H groups in total. The van der Waals surface area contributed by atoms with Gasteiger partial charge in [0.15, 0.2) is 0 Å². The van der Waals surface area contributed by atoms with Gasteiger partial charge in [0.05, 0.1) is 0 Å². The maximum Gasteiger partial charge on any atom is -0.00988 e. The van der Waals surface area contributed by atoms with Gasteiger partial charge in [-0.05, 0) is 91.3 Å². The zero-order valence-electron chi connectivity index (χ0n) is 14.5. The highest BCUT2D eigenvalue weighted by Crippen LogP contribution is 2.35. The van der Waals surface area contributed by atoms with E-state index < -0.39 is 0 Å². The number of rotatable bonds is 0. The lowest BCUT2D eigenvalue weighted by Gasteiger charge is -2.15. The maximum atomic E-state index is 2.40. The molecule has 0 aliphatic heterocycles. The minimum absolute atomic E-state index is 1.15. The molecule has 0 fully saturated rings. The van der Waals surface area contributed by atoms with Crippen molar-refractivity contribution >= 4 is 49.2 Å². The largest absolute Gasteiger partial charge is 0.0836 e. The van der Waals surface area contributed by atoms with Gasteiger partial charge in [-0.25, -0.2) is 0 Å². The van der Waals surface area contributed by atoms with Gasteiger partial charge >= 0.3 is 0 Å². The van der Waals surface area contributed by atoms with E-state index in [4.69, 9.17) is 0 Å². The molecule has 6 rings (SSSR count). The van der Waals surface area contributed by atoms with Crippen LogP contribution < -0.4 is 0 Å². The van der Waals surface area contributed by atoms with Gasteiger partial charge in [-0.15, -0.1) is 0 Å². The molecule has 0 heterocycles. The Morgan fingerprint density at radius 3 is 2.00 bits per heavy atom. The molecule has 0 radical (unpaired) electrons. The fourth-order valence-corrected chi connectivity index (χ4v) is 4.52. The fraction of sp³-hybridized carbons (Fsp3) is 0.0769. The molecule has 1 aliphatic carbocycles. The van der Waals surface area contributed by atoms with E-state index in [2.05, 4.69) is 84.9 Å². The van der Waals surface area contributed by atoms with Crippen LogP contribution in [0.25, 0.3) is 49.2 Å². The summed E-state index contributed by atoms with van der Waals surface area (Å²) in [6.07, 6.45) is 6.85. The second-order valence-electron chi connectivity index (χ2n) is 7.35. The summed E-state index contributed by atoms with van der Waals surface area (Å²) in [4.78, 5) is 0. The van der Waals surface area contributed by atoms with Gasteiger partial charge in [-0.1, -0.05) is 60.7 Å². The van der Waals surface area contributed by atoms with Crippen LogP contribution in [-0.4, -0.2) is 0 Å². The van der Waals surface area contributed by atoms with Crippen molar-refractivity contribution in [2.45, 2.75) is 12.8 Å². The predicted octanol–water partition coefficient (Wildman–Crippen LogP) is 7.26. The number of hydrogen-bond donors (Lipinski definition) is 0. The van der Waals surface area contributed by atoms with Crippen LogP contribution in [0.1, 0.15) is 17.5 Å². The lowest BCUT2D eigenvalue weighted by atomic mass is 9.89. The average Bonchev–Trinajstić information content (AvgIpc) is 2.71. The standard InChI is InChI=1S/C26H18/c1-2-7-19-14-25-20(13-18(19)6-1)11-12-22-15-24-21(16-26(22)25)10-9-17-5-3-4-8-23(17)24/h1-3,5-7,9-16H,4,8H2. The van der Waals surface area contributed by atoms with Crippen LogP contribution in [0.15, 0.2) is 78.9 Å². The molecule has 0 heteroatoms. The Morgan fingerprint density at radius 1 is 0.538 bits per heavy atom. The van der Waals surface area contributed by atoms with Crippen molar-refractivity contribution in [3.8, 4) is 0 Å². The first-order valence-corrected chi connectivity index (χ1v) is 9.34. The lowest BCUT2D eigenvalue weighted by Crippen LogP contribution is -1.95. The zero-order chi connectivity index (χ0) is 17.1. The third kappa shape index (κ3) is 1.96. The van der Waals surface area contributed by atoms with E-state index in [1.165, 1.54) is 54.2 Å². The zero-order valence-corrected chi connectivity index (χ0v) is 14.5. The quantitative estimate of drug-likeness (QED) is 0.207. The number of fused-ring (bicyclic) bond motifs is 7. The van der Waals surface area contributed by atoms with E-state index in [1.54, 1.807) is 0 Å². The summed E-state index contributed by atoms with van der Waals surface area (Å²) < 4.78 is 0. The molecular weight excluding hydrogens is 312 g/mol. The Hall–Kier alpha value is -3.12. The van der Waals surface area contributed by atoms with E-state index >= 15 is 0 Å². The fourth-order valence-electron chi connectivity index (χ4n) is 4.52. The molecule has 0 atom stereocenters. The number of hydrogen-bond acceptors (Lipinski definition) is 0. The Morgan fingerprint density at radius 2 is 1.15 bits per heavy atom. The van der Waals surface area contributed by atoms with Crippen LogP contribution in [0.4, 0.5) is 0 Å². The molecule has 0 unspecified atom stereocenters. The molecule has 0 aromatic heterocycles. The van der Waals surface area contributed by atoms with Crippen molar-refractivity contribution < 1.29 is 0 Å². The third-order valence-electron chi connectivity index (χ3n) is 5.85. The number of benzene rings is 5. The normalized spacial score (nSPS) is 13.7. The van der Waals surface area contributed by atoms with Gasteiger partial charge in [0.2, 0.25) is 0 Å². The topological polar surface area (TPSA) is 0 Å². The first-order valence-electron chi connectivity index (χ1n) is 9.34. The van der Waals surface area contributed by atoms with E-state index in [0.29, 0.717) is 0 Å². The summed E-state index contributed by atoms with van der Waals surface area (Å²) >= 11 is 0. The molecule has 0 amide bonds. The van der Waals surface area contributed by atoms with Gasteiger partial charge in [0, 0.05) is 0 Å². The second kappa shape index (κ2) is 5.19. The van der Waals surface area contributed by atoms with Gasteiger partial charge in [-0.3, -0.25) is 0 Å². The van der Waals surface area contributed by atoms with Crippen LogP contribution >= 0.6 is 0 Å². The lowest BCUT2D eigenvalue weighted by molar-refractivity contribution is 0.997. The second-order valence-corrected chi connectivity index (χ2v) is 7.35. The third-order valence-corrected chi connectivity index (χ3v) is 5.85. The molecule has 0 saturated carbocycles. The molecule has 5 aromatic carbocycles. The molecule has 0 saturated heterocycles. The molecule has 0 bridgehead atoms. The average molecular weight is 330 g/mol. The Labute approximate surface area is 152 Å². The highest BCUT2D eigenvalue weighted by atomic mass is 14.1. The highest BCUT2D eigenvalue weighted by molar-refractivity contribution is 6.15. The van der Waals surface area contributed by atoms with Crippen LogP contribution in [0, 0.1) is 0 Å². The van der Waals surface area contributed by atoms with Crippen LogP contribution in [0.5, 0.6) is 0 Å². The number of allylic oxidation sites excluding steroid dienone is 1. The first kappa shape index (κ1) is 14.1. The summed E-state index contributed by atoms with van der Waals surface area (Å²) in [6, 6.07) is 27.2. The van der Waals surface area contributed by atoms with Crippen LogP contribution in [0.2, 0.25) is 0 Å². The van der Waals surface area contributed by atoms with E-state index in [1.807, 2.05) is 0 Å². The van der Waals surface area contributed by atoms with Crippen LogP contribution in [0.3, 0.4) is 0 Å². The first-order chi connectivity index (χ1) is 12.9. The summed E-state index contributed by atoms with van der Waals surface area (Å²) in [5.41, 5.74) is 2.89. The summed E-state index contributed by atoms with van der Waals surface area (Å²) in [5, 5.41) is 10.7. The van der Waals surface area contributed by atoms with E-state index in [9.17, 15) is 0 Å². The maximum absolute atomic E-state index is 2.40. The molecule has 5 aromatic rings. The molecule has 0 spiro atoms. The SMILES string of the molecule is C1=Cc2ccc3cc4c(ccc5cc6ccccc6cc54)cc3c2CC1. The van der Waals surface area contributed by atoms with Crippen molar-refractivity contribution in [3.05, 3.63) is 90.0 Å². The Kier molecular flexibility index (Phi) is 2.81. The molecule has 26 heavy (non-hydrogen) atoms. The Bertz CT molecular complexity index is 1370. The summed E-state index contributed by atoms with van der Waals surface area (Å²) in [7, 11) is 0. The Balaban J connectivity index is 1.75. The van der Waals surface area contributed by atoms with E-state index in [-0.39, 0.29) is 0 Å².